The van der Waals surface area contributed by atoms with Gasteiger partial charge in [-0.1, -0.05) is 0 Å². The van der Waals surface area contributed by atoms with E-state index in [-0.39, 0.29) is 5.92 Å². The Labute approximate surface area is 98.0 Å². The third-order valence-corrected chi connectivity index (χ3v) is 3.88. The van der Waals surface area contributed by atoms with Gasteiger partial charge in [0.2, 0.25) is 5.91 Å². The Bertz CT molecular complexity index is 267. The van der Waals surface area contributed by atoms with Crippen LogP contribution in [0.1, 0.15) is 19.3 Å². The summed E-state index contributed by atoms with van der Waals surface area (Å²) in [5.74, 6) is 0.576. The number of fused-ring (bicyclic) bond motifs is 2. The molecule has 92 valence electrons. The molecule has 2 saturated heterocycles. The number of amides is 1. The van der Waals surface area contributed by atoms with E-state index < -0.39 is 0 Å². The van der Waals surface area contributed by atoms with Gasteiger partial charge in [0.1, 0.15) is 0 Å². The molecule has 1 N–H and O–H groups in total. The van der Waals surface area contributed by atoms with Crippen LogP contribution in [-0.2, 0) is 4.79 Å². The molecule has 16 heavy (non-hydrogen) atoms. The molecule has 0 saturated carbocycles. The molecular weight excluding hydrogens is 202 g/mol. The minimum Gasteiger partial charge on any atom is -0.344 e. The number of hydrogen-bond donors (Lipinski definition) is 1. The number of carbonyl (C=O) groups is 1. The fourth-order valence-electron chi connectivity index (χ4n) is 2.84. The molecule has 0 aromatic heterocycles. The van der Waals surface area contributed by atoms with Crippen LogP contribution in [0, 0.1) is 5.92 Å². The zero-order valence-corrected chi connectivity index (χ0v) is 10.6. The molecule has 0 radical (unpaired) electrons. The molecule has 2 rings (SSSR count). The lowest BCUT2D eigenvalue weighted by Gasteiger charge is -2.26. The molecular formula is C12H23N3O. The molecule has 1 amide bonds. The highest BCUT2D eigenvalue weighted by Crippen LogP contribution is 2.34. The molecule has 0 spiro atoms. The molecule has 2 aliphatic heterocycles. The molecule has 2 heterocycles. The van der Waals surface area contributed by atoms with Gasteiger partial charge in [-0.2, -0.15) is 0 Å². The summed E-state index contributed by atoms with van der Waals surface area (Å²) < 4.78 is 0. The maximum atomic E-state index is 12.2. The monoisotopic (exact) mass is 225 g/mol. The highest BCUT2D eigenvalue weighted by atomic mass is 16.2. The van der Waals surface area contributed by atoms with E-state index in [1.807, 2.05) is 26.0 Å². The molecule has 4 nitrogen and oxygen atoms in total. The van der Waals surface area contributed by atoms with E-state index in [1.165, 1.54) is 12.8 Å². The van der Waals surface area contributed by atoms with Gasteiger partial charge >= 0.3 is 0 Å². The number of nitrogens with zero attached hydrogens (tertiary/aromatic N) is 2. The minimum atomic E-state index is 0.242. The summed E-state index contributed by atoms with van der Waals surface area (Å²) in [5.41, 5.74) is 0. The van der Waals surface area contributed by atoms with E-state index in [9.17, 15) is 4.79 Å². The molecule has 4 heteroatoms. The van der Waals surface area contributed by atoms with E-state index >= 15 is 0 Å². The maximum absolute atomic E-state index is 12.2. The van der Waals surface area contributed by atoms with Crippen LogP contribution in [-0.4, -0.2) is 62.0 Å². The number of nitrogens with one attached hydrogen (secondary N) is 1. The molecule has 2 bridgehead atoms. The predicted molar refractivity (Wildman–Crippen MR) is 64.2 cm³/mol. The van der Waals surface area contributed by atoms with Crippen molar-refractivity contribution in [1.29, 1.82) is 0 Å². The van der Waals surface area contributed by atoms with Crippen molar-refractivity contribution in [2.24, 2.45) is 5.92 Å². The summed E-state index contributed by atoms with van der Waals surface area (Å²) >= 11 is 0. The lowest BCUT2D eigenvalue weighted by molar-refractivity contribution is -0.134. The lowest BCUT2D eigenvalue weighted by atomic mass is 9.88. The summed E-state index contributed by atoms with van der Waals surface area (Å²) in [6.07, 6.45) is 3.49. The maximum Gasteiger partial charge on any atom is 0.227 e. The van der Waals surface area contributed by atoms with Crippen molar-refractivity contribution in [2.45, 2.75) is 31.3 Å². The Hall–Kier alpha value is -0.610. The summed E-state index contributed by atoms with van der Waals surface area (Å²) in [7, 11) is 6.01. The summed E-state index contributed by atoms with van der Waals surface area (Å²) in [6, 6.07) is 1.07. The van der Waals surface area contributed by atoms with Crippen molar-refractivity contribution in [1.82, 2.24) is 15.1 Å². The van der Waals surface area contributed by atoms with Gasteiger partial charge in [0.15, 0.2) is 0 Å². The standard InChI is InChI=1S/C12H23N3O/c1-14(2)6-7-15(3)12(16)10-8-9-4-5-11(10)13-9/h9-11,13H,4-8H2,1-3H3. The van der Waals surface area contributed by atoms with Crippen molar-refractivity contribution < 1.29 is 4.79 Å². The van der Waals surface area contributed by atoms with Crippen LogP contribution in [0.25, 0.3) is 0 Å². The van der Waals surface area contributed by atoms with Gasteiger partial charge in [0, 0.05) is 32.2 Å². The zero-order valence-electron chi connectivity index (χ0n) is 10.6. The second-order valence-electron chi connectivity index (χ2n) is 5.45. The second kappa shape index (κ2) is 4.72. The zero-order chi connectivity index (χ0) is 11.7. The average Bonchev–Trinajstić information content (AvgIpc) is 2.86. The Morgan fingerprint density at radius 2 is 2.00 bits per heavy atom. The molecule has 3 unspecified atom stereocenters. The second-order valence-corrected chi connectivity index (χ2v) is 5.45. The molecule has 0 aliphatic carbocycles. The van der Waals surface area contributed by atoms with E-state index in [4.69, 9.17) is 0 Å². The van der Waals surface area contributed by atoms with Crippen LogP contribution in [0.15, 0.2) is 0 Å². The quantitative estimate of drug-likeness (QED) is 0.739. The summed E-state index contributed by atoms with van der Waals surface area (Å²) in [5, 5.41) is 3.52. The largest absolute Gasteiger partial charge is 0.344 e. The van der Waals surface area contributed by atoms with Crippen molar-refractivity contribution in [2.75, 3.05) is 34.2 Å². The first-order valence-corrected chi connectivity index (χ1v) is 6.23. The third-order valence-electron chi connectivity index (χ3n) is 3.88. The van der Waals surface area contributed by atoms with Crippen LogP contribution >= 0.6 is 0 Å². The number of carbonyl (C=O) groups excluding carboxylic acids is 1. The van der Waals surface area contributed by atoms with Crippen LogP contribution in [0.5, 0.6) is 0 Å². The van der Waals surface area contributed by atoms with E-state index in [0.717, 1.165) is 19.5 Å². The Balaban J connectivity index is 1.83. The van der Waals surface area contributed by atoms with Crippen molar-refractivity contribution in [3.8, 4) is 0 Å². The SMILES string of the molecule is CN(C)CCN(C)C(=O)C1CC2CCC1N2. The topological polar surface area (TPSA) is 35.6 Å². The Kier molecular flexibility index (Phi) is 3.50. The summed E-state index contributed by atoms with van der Waals surface area (Å²) in [4.78, 5) is 16.2. The molecule has 3 atom stereocenters. The van der Waals surface area contributed by atoms with Crippen molar-refractivity contribution in [3.05, 3.63) is 0 Å². The Morgan fingerprint density at radius 1 is 1.25 bits per heavy atom. The smallest absolute Gasteiger partial charge is 0.227 e. The first-order valence-electron chi connectivity index (χ1n) is 6.23. The summed E-state index contributed by atoms with van der Waals surface area (Å²) in [6.45, 7) is 1.77. The van der Waals surface area contributed by atoms with Gasteiger partial charge in [-0.3, -0.25) is 4.79 Å². The molecule has 0 aromatic rings. The van der Waals surface area contributed by atoms with Gasteiger partial charge in [0.05, 0.1) is 5.92 Å². The normalized spacial score (nSPS) is 32.4. The third kappa shape index (κ3) is 2.38. The van der Waals surface area contributed by atoms with Gasteiger partial charge in [-0.15, -0.1) is 0 Å². The van der Waals surface area contributed by atoms with Crippen LogP contribution in [0.4, 0.5) is 0 Å². The van der Waals surface area contributed by atoms with Crippen LogP contribution in [0.2, 0.25) is 0 Å². The number of rotatable bonds is 4. The van der Waals surface area contributed by atoms with E-state index in [0.29, 0.717) is 18.0 Å². The highest BCUT2D eigenvalue weighted by molar-refractivity contribution is 5.80. The molecule has 2 fully saturated rings. The first kappa shape index (κ1) is 11.9. The van der Waals surface area contributed by atoms with Crippen LogP contribution in [0.3, 0.4) is 0 Å². The minimum absolute atomic E-state index is 0.242. The first-order chi connectivity index (χ1) is 7.58. The van der Waals surface area contributed by atoms with Gasteiger partial charge in [-0.05, 0) is 33.4 Å². The van der Waals surface area contributed by atoms with Crippen LogP contribution < -0.4 is 5.32 Å². The van der Waals surface area contributed by atoms with Crippen molar-refractivity contribution in [3.63, 3.8) is 0 Å². The highest BCUT2D eigenvalue weighted by Gasteiger charge is 2.43. The average molecular weight is 225 g/mol. The molecule has 2 aliphatic rings. The fraction of sp³-hybridized carbons (Fsp3) is 0.917. The molecule has 0 aromatic carbocycles. The van der Waals surface area contributed by atoms with E-state index in [2.05, 4.69) is 10.2 Å². The van der Waals surface area contributed by atoms with Gasteiger partial charge < -0.3 is 15.1 Å². The van der Waals surface area contributed by atoms with E-state index in [1.54, 1.807) is 0 Å². The number of hydrogen-bond acceptors (Lipinski definition) is 3. The van der Waals surface area contributed by atoms with Gasteiger partial charge in [0.25, 0.3) is 0 Å². The van der Waals surface area contributed by atoms with Gasteiger partial charge in [-0.25, -0.2) is 0 Å². The predicted octanol–water partition coefficient (Wildman–Crippen LogP) is 0.147. The number of likely N-dealkylation sites (N-methyl/N-ethyl adjacent to an activating group) is 2. The Morgan fingerprint density at radius 3 is 2.50 bits per heavy atom. The fourth-order valence-corrected chi connectivity index (χ4v) is 2.84. The van der Waals surface area contributed by atoms with Crippen molar-refractivity contribution >= 4 is 5.91 Å². The lowest BCUT2D eigenvalue weighted by Crippen LogP contribution is -2.41.